The number of aryl methyl sites for hydroxylation is 1. The molecule has 0 heterocycles. The van der Waals surface area contributed by atoms with E-state index in [1.807, 2.05) is 67.6 Å². The van der Waals surface area contributed by atoms with Crippen LogP contribution in [0.1, 0.15) is 22.3 Å². The Hall–Kier alpha value is -3.38. The summed E-state index contributed by atoms with van der Waals surface area (Å²) in [6.07, 6.45) is 4.71. The van der Waals surface area contributed by atoms with Gasteiger partial charge in [0.2, 0.25) is 0 Å². The third-order valence-electron chi connectivity index (χ3n) is 4.37. The number of rotatable bonds is 8. The molecule has 0 spiro atoms. The van der Waals surface area contributed by atoms with Gasteiger partial charge < -0.3 is 9.47 Å². The van der Waals surface area contributed by atoms with Gasteiger partial charge in [0.15, 0.2) is 11.5 Å². The van der Waals surface area contributed by atoms with Crippen LogP contribution in [0.4, 0.5) is 0 Å². The Morgan fingerprint density at radius 3 is 2.52 bits per heavy atom. The van der Waals surface area contributed by atoms with Crippen molar-refractivity contribution in [3.63, 3.8) is 0 Å². The van der Waals surface area contributed by atoms with Crippen molar-refractivity contribution in [2.24, 2.45) is 5.10 Å². The van der Waals surface area contributed by atoms with Gasteiger partial charge in [-0.05, 0) is 57.8 Å². The summed E-state index contributed by atoms with van der Waals surface area (Å²) in [5, 5.41) is 4.01. The molecule has 0 saturated carbocycles. The van der Waals surface area contributed by atoms with Crippen LogP contribution in [-0.2, 0) is 11.4 Å². The molecule has 0 aliphatic rings. The first-order valence-electron chi connectivity index (χ1n) is 9.67. The van der Waals surface area contributed by atoms with Gasteiger partial charge in [0.05, 0.1) is 17.8 Å². The molecule has 3 aromatic rings. The molecule has 3 rings (SSSR count). The minimum atomic E-state index is -0.316. The number of amides is 1. The Bertz CT molecular complexity index is 1080. The Morgan fingerprint density at radius 1 is 1.06 bits per heavy atom. The number of carbonyl (C=O) groups is 1. The van der Waals surface area contributed by atoms with Gasteiger partial charge >= 0.3 is 0 Å². The smallest absolute Gasteiger partial charge is 0.264 e. The first kappa shape index (κ1) is 22.3. The first-order chi connectivity index (χ1) is 15.0. The maximum atomic E-state index is 11.9. The van der Waals surface area contributed by atoms with Crippen molar-refractivity contribution in [1.29, 1.82) is 0 Å². The van der Waals surface area contributed by atoms with Gasteiger partial charge in [0, 0.05) is 6.08 Å². The van der Waals surface area contributed by atoms with Crippen molar-refractivity contribution in [2.45, 2.75) is 13.5 Å². The average molecular weight is 479 g/mol. The second-order valence-electron chi connectivity index (χ2n) is 6.79. The quantitative estimate of drug-likeness (QED) is 0.263. The van der Waals surface area contributed by atoms with Gasteiger partial charge in [-0.2, -0.15) is 5.10 Å². The lowest BCUT2D eigenvalue weighted by Crippen LogP contribution is -2.14. The van der Waals surface area contributed by atoms with Crippen molar-refractivity contribution < 1.29 is 14.3 Å². The summed E-state index contributed by atoms with van der Waals surface area (Å²) >= 11 is 3.53. The zero-order chi connectivity index (χ0) is 22.1. The first-order valence-corrected chi connectivity index (χ1v) is 10.5. The highest BCUT2D eigenvalue weighted by Gasteiger charge is 2.11. The zero-order valence-electron chi connectivity index (χ0n) is 17.3. The highest BCUT2D eigenvalue weighted by molar-refractivity contribution is 9.10. The van der Waals surface area contributed by atoms with Crippen molar-refractivity contribution >= 4 is 34.1 Å². The number of hydrogen-bond donors (Lipinski definition) is 1. The van der Waals surface area contributed by atoms with E-state index in [-0.39, 0.29) is 5.91 Å². The van der Waals surface area contributed by atoms with E-state index in [1.165, 1.54) is 11.6 Å². The molecule has 6 heteroatoms. The van der Waals surface area contributed by atoms with E-state index in [0.29, 0.717) is 18.1 Å². The van der Waals surface area contributed by atoms with E-state index >= 15 is 0 Å². The predicted molar refractivity (Wildman–Crippen MR) is 127 cm³/mol. The largest absolute Gasteiger partial charge is 0.493 e. The zero-order valence-corrected chi connectivity index (χ0v) is 18.9. The minimum Gasteiger partial charge on any atom is -0.493 e. The molecule has 1 N–H and O–H groups in total. The SMILES string of the molecule is COc1cc(/C=N\NC(=O)/C=C/c2ccccc2)cc(Br)c1OCc1ccc(C)cc1. The van der Waals surface area contributed by atoms with Crippen LogP contribution in [0.15, 0.2) is 82.4 Å². The highest BCUT2D eigenvalue weighted by atomic mass is 79.9. The summed E-state index contributed by atoms with van der Waals surface area (Å²) in [5.41, 5.74) is 6.44. The molecule has 0 atom stereocenters. The number of nitrogens with one attached hydrogen (secondary N) is 1. The normalized spacial score (nSPS) is 11.1. The van der Waals surface area contributed by atoms with Crippen LogP contribution < -0.4 is 14.9 Å². The van der Waals surface area contributed by atoms with Gasteiger partial charge in [-0.3, -0.25) is 4.79 Å². The Kier molecular flexibility index (Phi) is 8.01. The molecule has 0 saturated heterocycles. The number of hydrogen-bond acceptors (Lipinski definition) is 4. The fraction of sp³-hybridized carbons (Fsp3) is 0.120. The van der Waals surface area contributed by atoms with Crippen molar-refractivity contribution in [1.82, 2.24) is 5.43 Å². The standard InChI is InChI=1S/C25H23BrN2O3/c1-18-8-10-20(11-9-18)17-31-25-22(26)14-21(15-23(25)30-2)16-27-28-24(29)13-12-19-6-4-3-5-7-19/h3-16H,17H2,1-2H3,(H,28,29)/b13-12+,27-16-. The van der Waals surface area contributed by atoms with Crippen LogP contribution >= 0.6 is 15.9 Å². The van der Waals surface area contributed by atoms with Gasteiger partial charge in [-0.15, -0.1) is 0 Å². The molecule has 0 fully saturated rings. The fourth-order valence-electron chi connectivity index (χ4n) is 2.74. The lowest BCUT2D eigenvalue weighted by molar-refractivity contribution is -0.116. The summed E-state index contributed by atoms with van der Waals surface area (Å²) in [4.78, 5) is 11.9. The summed E-state index contributed by atoms with van der Waals surface area (Å²) in [6, 6.07) is 21.4. The van der Waals surface area contributed by atoms with E-state index in [9.17, 15) is 4.79 Å². The van der Waals surface area contributed by atoms with Crippen molar-refractivity contribution in [3.8, 4) is 11.5 Å². The third kappa shape index (κ3) is 6.83. The monoisotopic (exact) mass is 478 g/mol. The Morgan fingerprint density at radius 2 is 1.81 bits per heavy atom. The minimum absolute atomic E-state index is 0.316. The summed E-state index contributed by atoms with van der Waals surface area (Å²) < 4.78 is 12.2. The molecule has 0 bridgehead atoms. The molecule has 31 heavy (non-hydrogen) atoms. The van der Waals surface area contributed by atoms with E-state index < -0.39 is 0 Å². The fourth-order valence-corrected chi connectivity index (χ4v) is 3.31. The maximum absolute atomic E-state index is 11.9. The van der Waals surface area contributed by atoms with Crippen molar-refractivity contribution in [2.75, 3.05) is 7.11 Å². The van der Waals surface area contributed by atoms with Crippen LogP contribution in [0.2, 0.25) is 0 Å². The van der Waals surface area contributed by atoms with Crippen molar-refractivity contribution in [3.05, 3.63) is 99.5 Å². The predicted octanol–water partition coefficient (Wildman–Crippen LogP) is 5.51. The van der Waals surface area contributed by atoms with Crippen LogP contribution in [0.25, 0.3) is 6.08 Å². The van der Waals surface area contributed by atoms with Gasteiger partial charge in [0.25, 0.3) is 5.91 Å². The maximum Gasteiger partial charge on any atom is 0.264 e. The second-order valence-corrected chi connectivity index (χ2v) is 7.64. The summed E-state index contributed by atoms with van der Waals surface area (Å²) in [6.45, 7) is 2.47. The summed E-state index contributed by atoms with van der Waals surface area (Å²) in [7, 11) is 1.58. The van der Waals surface area contributed by atoms with Crippen LogP contribution in [-0.4, -0.2) is 19.2 Å². The van der Waals surface area contributed by atoms with E-state index in [1.54, 1.807) is 25.5 Å². The lowest BCUT2D eigenvalue weighted by Gasteiger charge is -2.13. The van der Waals surface area contributed by atoms with Crippen LogP contribution in [0.5, 0.6) is 11.5 Å². The molecular weight excluding hydrogens is 456 g/mol. The van der Waals surface area contributed by atoms with Gasteiger partial charge in [-0.25, -0.2) is 5.43 Å². The van der Waals surface area contributed by atoms with E-state index in [2.05, 4.69) is 26.5 Å². The number of halogens is 1. The molecule has 0 aliphatic carbocycles. The number of benzene rings is 3. The number of methoxy groups -OCH3 is 1. The molecule has 3 aromatic carbocycles. The molecule has 0 radical (unpaired) electrons. The lowest BCUT2D eigenvalue weighted by atomic mass is 10.2. The number of carbonyl (C=O) groups excluding carboxylic acids is 1. The Labute approximate surface area is 190 Å². The topological polar surface area (TPSA) is 59.9 Å². The molecule has 0 aromatic heterocycles. The molecular formula is C25H23BrN2O3. The van der Waals surface area contributed by atoms with Crippen LogP contribution in [0, 0.1) is 6.92 Å². The third-order valence-corrected chi connectivity index (χ3v) is 4.96. The summed E-state index contributed by atoms with van der Waals surface area (Å²) in [5.74, 6) is 0.859. The van der Waals surface area contributed by atoms with E-state index in [4.69, 9.17) is 9.47 Å². The number of nitrogens with zero attached hydrogens (tertiary/aromatic N) is 1. The molecule has 5 nitrogen and oxygen atoms in total. The average Bonchev–Trinajstić information content (AvgIpc) is 2.78. The van der Waals surface area contributed by atoms with Crippen LogP contribution in [0.3, 0.4) is 0 Å². The molecule has 1 amide bonds. The highest BCUT2D eigenvalue weighted by Crippen LogP contribution is 2.36. The van der Waals surface area contributed by atoms with E-state index in [0.717, 1.165) is 21.2 Å². The van der Waals surface area contributed by atoms with Gasteiger partial charge in [-0.1, -0.05) is 60.2 Å². The molecule has 0 aliphatic heterocycles. The number of hydrazone groups is 1. The Balaban J connectivity index is 1.62. The van der Waals surface area contributed by atoms with Gasteiger partial charge in [0.1, 0.15) is 6.61 Å². The molecule has 0 unspecified atom stereocenters. The number of ether oxygens (including phenoxy) is 2. The second kappa shape index (κ2) is 11.1. The molecule has 158 valence electrons.